The maximum absolute atomic E-state index is 13.5. The van der Waals surface area contributed by atoms with Gasteiger partial charge in [-0.2, -0.15) is 0 Å². The topological polar surface area (TPSA) is 67.4 Å². The third-order valence-electron chi connectivity index (χ3n) is 3.69. The van der Waals surface area contributed by atoms with Crippen molar-refractivity contribution in [2.24, 2.45) is 0 Å². The molecule has 0 heterocycles. The molecule has 0 fully saturated rings. The molecule has 2 N–H and O–H groups in total. The summed E-state index contributed by atoms with van der Waals surface area (Å²) in [5, 5.41) is 4.87. The summed E-state index contributed by atoms with van der Waals surface area (Å²) in [6.45, 7) is -0.0667. The van der Waals surface area contributed by atoms with Gasteiger partial charge in [0.2, 0.25) is 0 Å². The van der Waals surface area contributed by atoms with E-state index in [-0.39, 0.29) is 6.54 Å². The number of rotatable bonds is 5. The summed E-state index contributed by atoms with van der Waals surface area (Å²) in [5.74, 6) is -0.817. The molecule has 3 aromatic carbocycles. The van der Waals surface area contributed by atoms with Gasteiger partial charge in [0.15, 0.2) is 0 Å². The molecule has 0 radical (unpaired) electrons. The number of ether oxygens (including phenoxy) is 1. The fourth-order valence-electron chi connectivity index (χ4n) is 2.32. The van der Waals surface area contributed by atoms with Crippen LogP contribution >= 0.6 is 0 Å². The molecule has 0 unspecified atom stereocenters. The van der Waals surface area contributed by atoms with Gasteiger partial charge in [-0.3, -0.25) is 9.59 Å². The Labute approximate surface area is 155 Å². The summed E-state index contributed by atoms with van der Waals surface area (Å²) in [4.78, 5) is 23.8. The minimum atomic E-state index is -0.845. The standard InChI is InChI=1S/C21H17FN2O3/c22-19-9-5-4-6-15(19)14-23-20(25)21(26)24-16-10-12-18(13-11-16)27-17-7-2-1-3-8-17/h1-13H,14H2,(H,23,25)(H,24,26). The number of anilines is 1. The number of hydrogen-bond acceptors (Lipinski definition) is 3. The first-order valence-electron chi connectivity index (χ1n) is 8.27. The fraction of sp³-hybridized carbons (Fsp3) is 0.0476. The van der Waals surface area contributed by atoms with Crippen LogP contribution in [0.2, 0.25) is 0 Å². The zero-order chi connectivity index (χ0) is 19.1. The number of carbonyl (C=O) groups excluding carboxylic acids is 2. The third kappa shape index (κ3) is 5.15. The van der Waals surface area contributed by atoms with Crippen LogP contribution in [0.5, 0.6) is 11.5 Å². The Morgan fingerprint density at radius 1 is 0.778 bits per heavy atom. The molecule has 0 spiro atoms. The van der Waals surface area contributed by atoms with Crippen molar-refractivity contribution in [3.8, 4) is 11.5 Å². The lowest BCUT2D eigenvalue weighted by Crippen LogP contribution is -2.35. The van der Waals surface area contributed by atoms with Gasteiger partial charge >= 0.3 is 11.8 Å². The average molecular weight is 364 g/mol. The van der Waals surface area contributed by atoms with Gasteiger partial charge in [-0.05, 0) is 42.5 Å². The molecule has 0 saturated heterocycles. The van der Waals surface area contributed by atoms with Crippen LogP contribution in [0.15, 0.2) is 78.9 Å². The van der Waals surface area contributed by atoms with Crippen molar-refractivity contribution in [2.75, 3.05) is 5.32 Å². The molecule has 0 atom stereocenters. The molecule has 0 bridgehead atoms. The fourth-order valence-corrected chi connectivity index (χ4v) is 2.32. The second kappa shape index (κ2) is 8.62. The maximum Gasteiger partial charge on any atom is 0.313 e. The quantitative estimate of drug-likeness (QED) is 0.676. The van der Waals surface area contributed by atoms with E-state index in [4.69, 9.17) is 4.74 Å². The first-order valence-corrected chi connectivity index (χ1v) is 8.27. The van der Waals surface area contributed by atoms with E-state index in [1.165, 1.54) is 6.07 Å². The van der Waals surface area contributed by atoms with Crippen molar-refractivity contribution in [3.05, 3.63) is 90.2 Å². The summed E-state index contributed by atoms with van der Waals surface area (Å²) >= 11 is 0. The first kappa shape index (κ1) is 18.1. The molecule has 0 aromatic heterocycles. The molecule has 136 valence electrons. The number of hydrogen-bond donors (Lipinski definition) is 2. The Morgan fingerprint density at radius 2 is 1.41 bits per heavy atom. The minimum absolute atomic E-state index is 0.0667. The van der Waals surface area contributed by atoms with E-state index in [1.807, 2.05) is 30.3 Å². The van der Waals surface area contributed by atoms with E-state index in [1.54, 1.807) is 42.5 Å². The first-order chi connectivity index (χ1) is 13.1. The molecule has 0 aliphatic carbocycles. The lowest BCUT2D eigenvalue weighted by molar-refractivity contribution is -0.136. The Bertz CT molecular complexity index is 928. The smallest absolute Gasteiger partial charge is 0.313 e. The number of nitrogens with one attached hydrogen (secondary N) is 2. The number of halogens is 1. The van der Waals surface area contributed by atoms with Crippen molar-refractivity contribution in [3.63, 3.8) is 0 Å². The van der Waals surface area contributed by atoms with Gasteiger partial charge in [0, 0.05) is 17.8 Å². The van der Waals surface area contributed by atoms with Crippen LogP contribution in [0.4, 0.5) is 10.1 Å². The molecule has 3 rings (SSSR count). The highest BCUT2D eigenvalue weighted by molar-refractivity contribution is 6.39. The molecular weight excluding hydrogens is 347 g/mol. The van der Waals surface area contributed by atoms with Crippen LogP contribution in [-0.2, 0) is 16.1 Å². The van der Waals surface area contributed by atoms with Crippen LogP contribution in [0.25, 0.3) is 0 Å². The molecule has 3 aromatic rings. The second-order valence-corrected chi connectivity index (χ2v) is 5.67. The predicted octanol–water partition coefficient (Wildman–Crippen LogP) is 3.87. The van der Waals surface area contributed by atoms with Crippen molar-refractivity contribution in [2.45, 2.75) is 6.54 Å². The molecule has 2 amide bonds. The molecular formula is C21H17FN2O3. The summed E-state index contributed by atoms with van der Waals surface area (Å²) in [6.07, 6.45) is 0. The molecule has 5 nitrogen and oxygen atoms in total. The lowest BCUT2D eigenvalue weighted by atomic mass is 10.2. The van der Waals surface area contributed by atoms with E-state index < -0.39 is 17.6 Å². The van der Waals surface area contributed by atoms with E-state index >= 15 is 0 Å². The van der Waals surface area contributed by atoms with Gasteiger partial charge in [-0.15, -0.1) is 0 Å². The normalized spacial score (nSPS) is 10.1. The van der Waals surface area contributed by atoms with Gasteiger partial charge in [0.05, 0.1) is 0 Å². The van der Waals surface area contributed by atoms with Crippen LogP contribution in [-0.4, -0.2) is 11.8 Å². The van der Waals surface area contributed by atoms with E-state index in [2.05, 4.69) is 10.6 Å². The Morgan fingerprint density at radius 3 is 2.11 bits per heavy atom. The van der Waals surface area contributed by atoms with Crippen molar-refractivity contribution >= 4 is 17.5 Å². The number of amides is 2. The van der Waals surface area contributed by atoms with Crippen LogP contribution in [0.1, 0.15) is 5.56 Å². The summed E-state index contributed by atoms with van der Waals surface area (Å²) in [5.41, 5.74) is 0.752. The SMILES string of the molecule is O=C(NCc1ccccc1F)C(=O)Nc1ccc(Oc2ccccc2)cc1. The Balaban J connectivity index is 1.52. The Kier molecular flexibility index (Phi) is 5.79. The molecule has 6 heteroatoms. The minimum Gasteiger partial charge on any atom is -0.457 e. The van der Waals surface area contributed by atoms with Gasteiger partial charge in [-0.25, -0.2) is 4.39 Å². The number of para-hydroxylation sites is 1. The second-order valence-electron chi connectivity index (χ2n) is 5.67. The highest BCUT2D eigenvalue weighted by Gasteiger charge is 2.14. The zero-order valence-electron chi connectivity index (χ0n) is 14.3. The lowest BCUT2D eigenvalue weighted by Gasteiger charge is -2.09. The predicted molar refractivity (Wildman–Crippen MR) is 99.8 cm³/mol. The number of carbonyl (C=O) groups is 2. The molecule has 0 aliphatic rings. The van der Waals surface area contributed by atoms with Gasteiger partial charge in [0.25, 0.3) is 0 Å². The summed E-state index contributed by atoms with van der Waals surface area (Å²) in [6, 6.07) is 21.9. The molecule has 0 aliphatic heterocycles. The molecule has 0 saturated carbocycles. The van der Waals surface area contributed by atoms with E-state index in [9.17, 15) is 14.0 Å². The van der Waals surface area contributed by atoms with Gasteiger partial charge < -0.3 is 15.4 Å². The van der Waals surface area contributed by atoms with Gasteiger partial charge in [0.1, 0.15) is 17.3 Å². The summed E-state index contributed by atoms with van der Waals surface area (Å²) < 4.78 is 19.2. The van der Waals surface area contributed by atoms with Crippen LogP contribution in [0, 0.1) is 5.82 Å². The monoisotopic (exact) mass is 364 g/mol. The molecule has 27 heavy (non-hydrogen) atoms. The highest BCUT2D eigenvalue weighted by atomic mass is 19.1. The maximum atomic E-state index is 13.5. The van der Waals surface area contributed by atoms with Crippen molar-refractivity contribution < 1.29 is 18.7 Å². The largest absolute Gasteiger partial charge is 0.457 e. The Hall–Kier alpha value is -3.67. The van der Waals surface area contributed by atoms with Crippen molar-refractivity contribution in [1.82, 2.24) is 5.32 Å². The third-order valence-corrected chi connectivity index (χ3v) is 3.69. The van der Waals surface area contributed by atoms with Crippen molar-refractivity contribution in [1.29, 1.82) is 0 Å². The van der Waals surface area contributed by atoms with E-state index in [0.717, 1.165) is 0 Å². The zero-order valence-corrected chi connectivity index (χ0v) is 14.3. The highest BCUT2D eigenvalue weighted by Crippen LogP contribution is 2.22. The number of benzene rings is 3. The summed E-state index contributed by atoms with van der Waals surface area (Å²) in [7, 11) is 0. The van der Waals surface area contributed by atoms with E-state index in [0.29, 0.717) is 22.7 Å². The van der Waals surface area contributed by atoms with Gasteiger partial charge in [-0.1, -0.05) is 36.4 Å². The van der Waals surface area contributed by atoms with Crippen LogP contribution < -0.4 is 15.4 Å². The average Bonchev–Trinajstić information content (AvgIpc) is 2.69. The van der Waals surface area contributed by atoms with Crippen LogP contribution in [0.3, 0.4) is 0 Å².